The molecular weight excluding hydrogens is 174 g/mol. The summed E-state index contributed by atoms with van der Waals surface area (Å²) < 4.78 is 0. The van der Waals surface area contributed by atoms with Crippen molar-refractivity contribution in [2.24, 2.45) is 0 Å². The number of nitrogens with zero attached hydrogens (tertiary/aromatic N) is 1. The van der Waals surface area contributed by atoms with E-state index >= 15 is 0 Å². The summed E-state index contributed by atoms with van der Waals surface area (Å²) in [7, 11) is 3.64. The summed E-state index contributed by atoms with van der Waals surface area (Å²) in [4.78, 5) is 13.0. The molecule has 0 aliphatic carbocycles. The molecule has 2 nitrogen and oxygen atoms in total. The number of rotatable bonds is 3. The molecule has 1 amide bonds. The number of carbonyl (C=O) groups excluding carboxylic acids is 1. The SMILES string of the molecule is C#CCCN([CH2])C(=O)c1ccccc1. The van der Waals surface area contributed by atoms with Crippen molar-refractivity contribution in [3.63, 3.8) is 0 Å². The van der Waals surface area contributed by atoms with Gasteiger partial charge in [0.1, 0.15) is 0 Å². The molecule has 14 heavy (non-hydrogen) atoms. The standard InChI is InChI=1S/C12H12NO/c1-3-4-10-13(2)12(14)11-8-6-5-7-9-11/h1,5-9H,2,4,10H2. The third kappa shape index (κ3) is 2.63. The van der Waals surface area contributed by atoms with Gasteiger partial charge in [-0.15, -0.1) is 12.3 Å². The second-order valence-corrected chi connectivity index (χ2v) is 2.89. The van der Waals surface area contributed by atoms with E-state index in [0.717, 1.165) is 0 Å². The predicted octanol–water partition coefficient (Wildman–Crippen LogP) is 1.94. The first-order chi connectivity index (χ1) is 6.75. The fourth-order valence-electron chi connectivity index (χ4n) is 1.06. The van der Waals surface area contributed by atoms with Crippen molar-refractivity contribution in [2.45, 2.75) is 6.42 Å². The molecule has 0 saturated heterocycles. The Morgan fingerprint density at radius 1 is 1.43 bits per heavy atom. The van der Waals surface area contributed by atoms with Gasteiger partial charge in [-0.05, 0) is 12.1 Å². The average Bonchev–Trinajstić information content (AvgIpc) is 2.26. The van der Waals surface area contributed by atoms with Crippen molar-refractivity contribution in [3.05, 3.63) is 42.9 Å². The lowest BCUT2D eigenvalue weighted by Crippen LogP contribution is -2.25. The van der Waals surface area contributed by atoms with Crippen LogP contribution in [0, 0.1) is 19.4 Å². The van der Waals surface area contributed by atoms with Crippen molar-refractivity contribution in [3.8, 4) is 12.3 Å². The van der Waals surface area contributed by atoms with Gasteiger partial charge in [-0.1, -0.05) is 18.2 Å². The van der Waals surface area contributed by atoms with Crippen LogP contribution in [0.1, 0.15) is 16.8 Å². The van der Waals surface area contributed by atoms with Crippen LogP contribution in [-0.4, -0.2) is 17.4 Å². The normalized spacial score (nSPS) is 9.14. The fraction of sp³-hybridized carbons (Fsp3) is 0.167. The maximum atomic E-state index is 11.6. The van der Waals surface area contributed by atoms with Gasteiger partial charge in [-0.3, -0.25) is 4.79 Å². The van der Waals surface area contributed by atoms with Gasteiger partial charge < -0.3 is 4.90 Å². The highest BCUT2D eigenvalue weighted by Gasteiger charge is 2.09. The average molecular weight is 186 g/mol. The van der Waals surface area contributed by atoms with Crippen LogP contribution in [0.15, 0.2) is 30.3 Å². The van der Waals surface area contributed by atoms with Crippen LogP contribution in [0.3, 0.4) is 0 Å². The highest BCUT2D eigenvalue weighted by molar-refractivity contribution is 5.94. The summed E-state index contributed by atoms with van der Waals surface area (Å²) in [6.07, 6.45) is 5.63. The van der Waals surface area contributed by atoms with Crippen LogP contribution in [0.4, 0.5) is 0 Å². The minimum absolute atomic E-state index is 0.0964. The Bertz CT molecular complexity index is 337. The zero-order valence-electron chi connectivity index (χ0n) is 7.94. The lowest BCUT2D eigenvalue weighted by molar-refractivity contribution is 0.0821. The minimum atomic E-state index is -0.0964. The monoisotopic (exact) mass is 186 g/mol. The van der Waals surface area contributed by atoms with Crippen molar-refractivity contribution < 1.29 is 4.79 Å². The molecule has 1 rings (SSSR count). The first-order valence-electron chi connectivity index (χ1n) is 4.36. The van der Waals surface area contributed by atoms with Crippen molar-refractivity contribution in [1.29, 1.82) is 0 Å². The Labute approximate surface area is 84.5 Å². The van der Waals surface area contributed by atoms with Gasteiger partial charge in [0, 0.05) is 25.6 Å². The second kappa shape index (κ2) is 5.08. The molecule has 0 aliphatic heterocycles. The fourth-order valence-corrected chi connectivity index (χ4v) is 1.06. The molecule has 0 aliphatic rings. The molecule has 0 N–H and O–H groups in total. The molecule has 1 aromatic carbocycles. The zero-order chi connectivity index (χ0) is 10.4. The molecular formula is C12H12NO. The summed E-state index contributed by atoms with van der Waals surface area (Å²) in [5.74, 6) is 2.37. The van der Waals surface area contributed by atoms with E-state index in [0.29, 0.717) is 18.5 Å². The molecule has 71 valence electrons. The number of hydrogen-bond acceptors (Lipinski definition) is 1. The first kappa shape index (κ1) is 10.3. The molecule has 2 heteroatoms. The second-order valence-electron chi connectivity index (χ2n) is 2.89. The van der Waals surface area contributed by atoms with Gasteiger partial charge >= 0.3 is 0 Å². The highest BCUT2D eigenvalue weighted by Crippen LogP contribution is 2.03. The molecule has 1 aromatic rings. The molecule has 0 saturated carbocycles. The first-order valence-corrected chi connectivity index (χ1v) is 4.36. The van der Waals surface area contributed by atoms with Crippen molar-refractivity contribution >= 4 is 5.91 Å². The Hall–Kier alpha value is -1.75. The Balaban J connectivity index is 2.63. The van der Waals surface area contributed by atoms with Gasteiger partial charge in [0.2, 0.25) is 0 Å². The maximum Gasteiger partial charge on any atom is 0.253 e. The molecule has 0 aromatic heterocycles. The van der Waals surface area contributed by atoms with Crippen LogP contribution in [0.2, 0.25) is 0 Å². The van der Waals surface area contributed by atoms with E-state index in [9.17, 15) is 4.79 Å². The molecule has 0 spiro atoms. The van der Waals surface area contributed by atoms with E-state index in [1.54, 1.807) is 12.1 Å². The van der Waals surface area contributed by atoms with Crippen LogP contribution in [0.5, 0.6) is 0 Å². The Kier molecular flexibility index (Phi) is 3.75. The van der Waals surface area contributed by atoms with Gasteiger partial charge in [-0.2, -0.15) is 0 Å². The van der Waals surface area contributed by atoms with Crippen LogP contribution < -0.4 is 0 Å². The molecule has 0 bridgehead atoms. The van der Waals surface area contributed by atoms with E-state index in [4.69, 9.17) is 6.42 Å². The summed E-state index contributed by atoms with van der Waals surface area (Å²) >= 11 is 0. The van der Waals surface area contributed by atoms with Gasteiger partial charge in [-0.25, -0.2) is 0 Å². The van der Waals surface area contributed by atoms with Crippen LogP contribution >= 0.6 is 0 Å². The summed E-state index contributed by atoms with van der Waals surface area (Å²) in [6.45, 7) is 0.490. The van der Waals surface area contributed by atoms with E-state index in [2.05, 4.69) is 13.0 Å². The summed E-state index contributed by atoms with van der Waals surface area (Å²) in [5.41, 5.74) is 0.638. The Morgan fingerprint density at radius 2 is 2.07 bits per heavy atom. The third-order valence-corrected chi connectivity index (χ3v) is 1.83. The zero-order valence-corrected chi connectivity index (χ0v) is 7.94. The summed E-state index contributed by atoms with van der Waals surface area (Å²) in [6, 6.07) is 9.03. The lowest BCUT2D eigenvalue weighted by atomic mass is 10.2. The number of amides is 1. The number of benzene rings is 1. The van der Waals surface area contributed by atoms with Gasteiger partial charge in [0.05, 0.1) is 0 Å². The highest BCUT2D eigenvalue weighted by atomic mass is 16.2. The third-order valence-electron chi connectivity index (χ3n) is 1.83. The number of carbonyl (C=O) groups is 1. The number of hydrogen-bond donors (Lipinski definition) is 0. The molecule has 0 fully saturated rings. The van der Waals surface area contributed by atoms with Gasteiger partial charge in [0.15, 0.2) is 0 Å². The van der Waals surface area contributed by atoms with E-state index in [1.807, 2.05) is 18.2 Å². The number of terminal acetylenes is 1. The predicted molar refractivity (Wildman–Crippen MR) is 56.3 cm³/mol. The Morgan fingerprint density at radius 3 is 2.64 bits per heavy atom. The van der Waals surface area contributed by atoms with Crippen molar-refractivity contribution in [2.75, 3.05) is 6.54 Å². The van der Waals surface area contributed by atoms with Crippen LogP contribution in [0.25, 0.3) is 0 Å². The summed E-state index contributed by atoms with van der Waals surface area (Å²) in [5, 5.41) is 0. The topological polar surface area (TPSA) is 20.3 Å². The lowest BCUT2D eigenvalue weighted by Gasteiger charge is -2.14. The van der Waals surface area contributed by atoms with Gasteiger partial charge in [0.25, 0.3) is 5.91 Å². The largest absolute Gasteiger partial charge is 0.336 e. The van der Waals surface area contributed by atoms with Crippen LogP contribution in [-0.2, 0) is 0 Å². The van der Waals surface area contributed by atoms with E-state index in [-0.39, 0.29) is 5.91 Å². The minimum Gasteiger partial charge on any atom is -0.336 e. The van der Waals surface area contributed by atoms with E-state index in [1.165, 1.54) is 4.90 Å². The molecule has 0 unspecified atom stereocenters. The smallest absolute Gasteiger partial charge is 0.253 e. The van der Waals surface area contributed by atoms with Crippen molar-refractivity contribution in [1.82, 2.24) is 4.90 Å². The van der Waals surface area contributed by atoms with E-state index < -0.39 is 0 Å². The molecule has 0 heterocycles. The molecule has 0 atom stereocenters. The quantitative estimate of drug-likeness (QED) is 0.661. The maximum absolute atomic E-state index is 11.6. The molecule has 1 radical (unpaired) electrons.